The molecule has 3 atom stereocenters. The van der Waals surface area contributed by atoms with E-state index in [0.717, 1.165) is 17.5 Å². The molecule has 0 aromatic carbocycles. The largest absolute Gasteiger partial charge is 0.382 e. The van der Waals surface area contributed by atoms with E-state index in [1.807, 2.05) is 0 Å². The van der Waals surface area contributed by atoms with Crippen LogP contribution >= 0.6 is 11.3 Å². The van der Waals surface area contributed by atoms with E-state index in [1.54, 1.807) is 0 Å². The molecule has 0 spiro atoms. The van der Waals surface area contributed by atoms with E-state index in [4.69, 9.17) is 5.73 Å². The maximum absolute atomic E-state index is 12.4. The van der Waals surface area contributed by atoms with Gasteiger partial charge < -0.3 is 16.4 Å². The van der Waals surface area contributed by atoms with E-state index in [1.165, 1.54) is 49.9 Å². The molecule has 4 rings (SSSR count). The van der Waals surface area contributed by atoms with Gasteiger partial charge in [0, 0.05) is 12.1 Å². The summed E-state index contributed by atoms with van der Waals surface area (Å²) in [4.78, 5) is 17.3. The molecule has 1 amide bonds. The molecule has 3 fully saturated rings. The van der Waals surface area contributed by atoms with Crippen molar-refractivity contribution in [2.45, 2.75) is 57.0 Å². The van der Waals surface area contributed by atoms with Gasteiger partial charge in [-0.1, -0.05) is 17.8 Å². The summed E-state index contributed by atoms with van der Waals surface area (Å²) >= 11 is 1.39. The van der Waals surface area contributed by atoms with E-state index in [-0.39, 0.29) is 5.91 Å². The zero-order chi connectivity index (χ0) is 14.4. The van der Waals surface area contributed by atoms with Crippen LogP contribution in [0.1, 0.15) is 54.6 Å². The highest BCUT2D eigenvalue weighted by Gasteiger charge is 2.40. The SMILES string of the molecule is Nc1nc(NC2CCC2)sc1C(=O)NC1CC2CCC1C2. The number of hydrogen-bond donors (Lipinski definition) is 3. The summed E-state index contributed by atoms with van der Waals surface area (Å²) in [5.74, 6) is 1.84. The summed E-state index contributed by atoms with van der Waals surface area (Å²) in [6.45, 7) is 0. The molecule has 5 nitrogen and oxygen atoms in total. The maximum atomic E-state index is 12.4. The molecule has 3 aliphatic carbocycles. The molecular weight excluding hydrogens is 284 g/mol. The molecule has 3 unspecified atom stereocenters. The van der Waals surface area contributed by atoms with Crippen molar-refractivity contribution in [1.82, 2.24) is 10.3 Å². The predicted molar refractivity (Wildman–Crippen MR) is 84.5 cm³/mol. The lowest BCUT2D eigenvalue weighted by Gasteiger charge is -2.25. The van der Waals surface area contributed by atoms with Gasteiger partial charge in [-0.15, -0.1) is 0 Å². The Morgan fingerprint density at radius 2 is 2.10 bits per heavy atom. The second-order valence-electron chi connectivity index (χ2n) is 6.76. The number of anilines is 2. The number of fused-ring (bicyclic) bond motifs is 2. The van der Waals surface area contributed by atoms with Crippen molar-refractivity contribution in [3.8, 4) is 0 Å². The lowest BCUT2D eigenvalue weighted by atomic mass is 9.93. The number of nitrogens with two attached hydrogens (primary N) is 1. The van der Waals surface area contributed by atoms with Crippen LogP contribution in [0.4, 0.5) is 10.9 Å². The minimum absolute atomic E-state index is 0.0378. The number of nitrogens with one attached hydrogen (secondary N) is 2. The first kappa shape index (κ1) is 13.4. The average Bonchev–Trinajstić information content (AvgIpc) is 3.09. The van der Waals surface area contributed by atoms with Crippen LogP contribution in [-0.2, 0) is 0 Å². The summed E-state index contributed by atoms with van der Waals surface area (Å²) in [6.07, 6.45) is 8.69. The fourth-order valence-electron chi connectivity index (χ4n) is 3.94. The van der Waals surface area contributed by atoms with E-state index in [0.29, 0.717) is 28.7 Å². The Bertz CT molecular complexity index is 554. The molecule has 3 saturated carbocycles. The minimum Gasteiger partial charge on any atom is -0.382 e. The molecule has 1 aromatic rings. The Balaban J connectivity index is 1.41. The van der Waals surface area contributed by atoms with Crippen LogP contribution in [0.2, 0.25) is 0 Å². The summed E-state index contributed by atoms with van der Waals surface area (Å²) in [5, 5.41) is 7.34. The highest BCUT2D eigenvalue weighted by molar-refractivity contribution is 7.18. The highest BCUT2D eigenvalue weighted by Crippen LogP contribution is 2.44. The van der Waals surface area contributed by atoms with Crippen molar-refractivity contribution in [2.75, 3.05) is 11.1 Å². The number of carbonyl (C=O) groups is 1. The van der Waals surface area contributed by atoms with Gasteiger partial charge in [0.15, 0.2) is 5.13 Å². The van der Waals surface area contributed by atoms with Crippen LogP contribution in [0, 0.1) is 11.8 Å². The van der Waals surface area contributed by atoms with Crippen molar-refractivity contribution in [2.24, 2.45) is 11.8 Å². The molecule has 0 radical (unpaired) electrons. The lowest BCUT2D eigenvalue weighted by molar-refractivity contribution is 0.0927. The zero-order valence-electron chi connectivity index (χ0n) is 12.1. The van der Waals surface area contributed by atoms with Gasteiger partial charge in [-0.05, 0) is 50.4 Å². The van der Waals surface area contributed by atoms with E-state index >= 15 is 0 Å². The lowest BCUT2D eigenvalue weighted by Crippen LogP contribution is -2.38. The number of nitrogen functional groups attached to an aromatic ring is 1. The monoisotopic (exact) mass is 306 g/mol. The number of rotatable bonds is 4. The summed E-state index contributed by atoms with van der Waals surface area (Å²) in [6, 6.07) is 0.859. The van der Waals surface area contributed by atoms with Gasteiger partial charge >= 0.3 is 0 Å². The maximum Gasteiger partial charge on any atom is 0.265 e. The van der Waals surface area contributed by atoms with Crippen LogP contribution < -0.4 is 16.4 Å². The molecule has 1 aromatic heterocycles. The quantitative estimate of drug-likeness (QED) is 0.799. The second-order valence-corrected chi connectivity index (χ2v) is 7.76. The Labute approximate surface area is 128 Å². The Kier molecular flexibility index (Phi) is 3.28. The first-order valence-electron chi connectivity index (χ1n) is 8.02. The Morgan fingerprint density at radius 3 is 2.71 bits per heavy atom. The zero-order valence-corrected chi connectivity index (χ0v) is 12.9. The first-order valence-corrected chi connectivity index (χ1v) is 8.84. The predicted octanol–water partition coefficient (Wildman–Crippen LogP) is 2.61. The standard InChI is InChI=1S/C15H22N4OS/c16-13-12(21-15(19-13)17-10-2-1-3-10)14(20)18-11-7-8-4-5-9(11)6-8/h8-11H,1-7,16H2,(H,17,19)(H,18,20). The van der Waals surface area contributed by atoms with Crippen molar-refractivity contribution in [1.29, 1.82) is 0 Å². The number of hydrogen-bond acceptors (Lipinski definition) is 5. The van der Waals surface area contributed by atoms with Gasteiger partial charge in [-0.3, -0.25) is 4.79 Å². The molecule has 0 saturated heterocycles. The second kappa shape index (κ2) is 5.16. The van der Waals surface area contributed by atoms with Crippen molar-refractivity contribution in [3.05, 3.63) is 4.88 Å². The fourth-order valence-corrected chi connectivity index (χ4v) is 4.80. The minimum atomic E-state index is -0.0378. The summed E-state index contributed by atoms with van der Waals surface area (Å²) in [7, 11) is 0. The highest BCUT2D eigenvalue weighted by atomic mass is 32.1. The van der Waals surface area contributed by atoms with E-state index in [2.05, 4.69) is 15.6 Å². The molecule has 114 valence electrons. The topological polar surface area (TPSA) is 80.0 Å². The fraction of sp³-hybridized carbons (Fsp3) is 0.733. The molecule has 21 heavy (non-hydrogen) atoms. The van der Waals surface area contributed by atoms with Crippen LogP contribution in [0.3, 0.4) is 0 Å². The van der Waals surface area contributed by atoms with Crippen molar-refractivity contribution >= 4 is 28.2 Å². The van der Waals surface area contributed by atoms with E-state index in [9.17, 15) is 4.79 Å². The molecule has 2 bridgehead atoms. The van der Waals surface area contributed by atoms with Crippen LogP contribution in [-0.4, -0.2) is 23.0 Å². The smallest absolute Gasteiger partial charge is 0.265 e. The van der Waals surface area contributed by atoms with Crippen molar-refractivity contribution < 1.29 is 4.79 Å². The average molecular weight is 306 g/mol. The van der Waals surface area contributed by atoms with Gasteiger partial charge in [0.2, 0.25) is 0 Å². The van der Waals surface area contributed by atoms with Gasteiger partial charge in [0.1, 0.15) is 10.7 Å². The number of carbonyl (C=O) groups excluding carboxylic acids is 1. The van der Waals surface area contributed by atoms with Gasteiger partial charge in [-0.2, -0.15) is 0 Å². The number of aromatic nitrogens is 1. The van der Waals surface area contributed by atoms with Crippen molar-refractivity contribution in [3.63, 3.8) is 0 Å². The van der Waals surface area contributed by atoms with Crippen LogP contribution in [0.15, 0.2) is 0 Å². The summed E-state index contributed by atoms with van der Waals surface area (Å²) < 4.78 is 0. The number of nitrogens with zero attached hydrogens (tertiary/aromatic N) is 1. The van der Waals surface area contributed by atoms with Gasteiger partial charge in [0.05, 0.1) is 0 Å². The van der Waals surface area contributed by atoms with Crippen LogP contribution in [0.25, 0.3) is 0 Å². The first-order chi connectivity index (χ1) is 10.2. The van der Waals surface area contributed by atoms with Gasteiger partial charge in [0.25, 0.3) is 5.91 Å². The van der Waals surface area contributed by atoms with E-state index < -0.39 is 0 Å². The Hall–Kier alpha value is -1.30. The molecule has 6 heteroatoms. The molecule has 4 N–H and O–H groups in total. The number of thiazole rings is 1. The summed E-state index contributed by atoms with van der Waals surface area (Å²) in [5.41, 5.74) is 5.93. The van der Waals surface area contributed by atoms with Gasteiger partial charge in [-0.25, -0.2) is 4.98 Å². The molecule has 0 aliphatic heterocycles. The third-order valence-electron chi connectivity index (χ3n) is 5.35. The molecule has 3 aliphatic rings. The molecular formula is C15H22N4OS. The third kappa shape index (κ3) is 2.50. The third-order valence-corrected chi connectivity index (χ3v) is 6.35. The normalized spacial score (nSPS) is 31.1. The van der Waals surface area contributed by atoms with Crippen LogP contribution in [0.5, 0.6) is 0 Å². The Morgan fingerprint density at radius 1 is 1.24 bits per heavy atom. The number of amides is 1. The molecule has 1 heterocycles.